The summed E-state index contributed by atoms with van der Waals surface area (Å²) in [7, 11) is 0. The van der Waals surface area contributed by atoms with E-state index in [0.717, 1.165) is 0 Å². The van der Waals surface area contributed by atoms with E-state index in [1.165, 1.54) is 24.3 Å². The first-order valence-electron chi connectivity index (χ1n) is 6.88. The number of hydrogen-bond donors (Lipinski definition) is 0. The Balaban J connectivity index is 1.94. The molecule has 0 aliphatic rings. The van der Waals surface area contributed by atoms with Crippen LogP contribution < -0.4 is 9.47 Å². The highest BCUT2D eigenvalue weighted by Gasteiger charge is 2.17. The minimum absolute atomic E-state index is 0.0308. The lowest BCUT2D eigenvalue weighted by atomic mass is 10.3. The number of carbonyl (C=O) groups is 2. The summed E-state index contributed by atoms with van der Waals surface area (Å²) < 4.78 is 10.1. The SMILES string of the molecule is O=C(CCC(=O)Oc1c(Cl)cc(Cl)cc1Cl)Oc1cc(Cl)c(Cl)cc1Cl. The van der Waals surface area contributed by atoms with Gasteiger partial charge in [0.1, 0.15) is 0 Å². The molecule has 0 radical (unpaired) electrons. The first-order valence-corrected chi connectivity index (χ1v) is 9.14. The summed E-state index contributed by atoms with van der Waals surface area (Å²) in [5.41, 5.74) is 0. The Hall–Kier alpha value is -0.880. The first-order chi connectivity index (χ1) is 12.2. The number of esters is 2. The Morgan fingerprint density at radius 2 is 1.15 bits per heavy atom. The zero-order valence-corrected chi connectivity index (χ0v) is 17.2. The van der Waals surface area contributed by atoms with Gasteiger partial charge in [0.2, 0.25) is 0 Å². The summed E-state index contributed by atoms with van der Waals surface area (Å²) in [5, 5.41) is 0.932. The van der Waals surface area contributed by atoms with Crippen LogP contribution in [0.25, 0.3) is 0 Å². The highest BCUT2D eigenvalue weighted by molar-refractivity contribution is 6.43. The van der Waals surface area contributed by atoms with E-state index in [-0.39, 0.29) is 49.5 Å². The van der Waals surface area contributed by atoms with E-state index in [4.69, 9.17) is 79.1 Å². The van der Waals surface area contributed by atoms with Crippen molar-refractivity contribution in [2.45, 2.75) is 12.8 Å². The fourth-order valence-electron chi connectivity index (χ4n) is 1.75. The zero-order chi connectivity index (χ0) is 19.4. The quantitative estimate of drug-likeness (QED) is 0.267. The molecule has 10 heteroatoms. The molecule has 2 rings (SSSR count). The van der Waals surface area contributed by atoms with Crippen LogP contribution in [0.4, 0.5) is 0 Å². The minimum Gasteiger partial charge on any atom is -0.425 e. The minimum atomic E-state index is -0.728. The van der Waals surface area contributed by atoms with E-state index in [0.29, 0.717) is 5.02 Å². The molecule has 26 heavy (non-hydrogen) atoms. The Kier molecular flexibility index (Phi) is 7.71. The molecule has 0 aliphatic heterocycles. The highest BCUT2D eigenvalue weighted by Crippen LogP contribution is 2.36. The van der Waals surface area contributed by atoms with E-state index in [1.54, 1.807) is 0 Å². The lowest BCUT2D eigenvalue weighted by molar-refractivity contribution is -0.140. The third-order valence-corrected chi connectivity index (χ3v) is 4.71. The molecule has 0 unspecified atom stereocenters. The normalized spacial score (nSPS) is 10.5. The van der Waals surface area contributed by atoms with Gasteiger partial charge in [-0.25, -0.2) is 0 Å². The molecule has 0 N–H and O–H groups in total. The molecule has 138 valence electrons. The fourth-order valence-corrected chi connectivity index (χ4v) is 3.22. The summed E-state index contributed by atoms with van der Waals surface area (Å²) in [5.74, 6) is -1.45. The zero-order valence-electron chi connectivity index (χ0n) is 12.6. The third kappa shape index (κ3) is 5.81. The average Bonchev–Trinajstić information content (AvgIpc) is 2.54. The molecule has 2 aromatic rings. The van der Waals surface area contributed by atoms with Gasteiger partial charge in [0, 0.05) is 11.1 Å². The predicted octanol–water partition coefficient (Wildman–Crippen LogP) is 6.90. The van der Waals surface area contributed by atoms with Crippen molar-refractivity contribution in [1.29, 1.82) is 0 Å². The third-order valence-electron chi connectivity index (χ3n) is 2.91. The molecule has 0 saturated carbocycles. The number of benzene rings is 2. The van der Waals surface area contributed by atoms with Gasteiger partial charge < -0.3 is 9.47 Å². The number of hydrogen-bond acceptors (Lipinski definition) is 4. The molecular formula is C16H8Cl6O4. The van der Waals surface area contributed by atoms with Gasteiger partial charge in [0.25, 0.3) is 0 Å². The average molecular weight is 477 g/mol. The monoisotopic (exact) mass is 474 g/mol. The Bertz CT molecular complexity index is 845. The number of rotatable bonds is 5. The lowest BCUT2D eigenvalue weighted by Gasteiger charge is -2.09. The van der Waals surface area contributed by atoms with Crippen molar-refractivity contribution >= 4 is 81.5 Å². The first kappa shape index (κ1) is 21.4. The van der Waals surface area contributed by atoms with Crippen LogP contribution in [0.3, 0.4) is 0 Å². The number of ether oxygens (including phenoxy) is 2. The second-order valence-corrected chi connectivity index (χ2v) is 7.32. The molecule has 0 heterocycles. The van der Waals surface area contributed by atoms with Gasteiger partial charge >= 0.3 is 11.9 Å². The van der Waals surface area contributed by atoms with E-state index in [2.05, 4.69) is 0 Å². The van der Waals surface area contributed by atoms with Crippen molar-refractivity contribution in [2.24, 2.45) is 0 Å². The maximum Gasteiger partial charge on any atom is 0.311 e. The predicted molar refractivity (Wildman–Crippen MR) is 103 cm³/mol. The molecule has 0 spiro atoms. The smallest absolute Gasteiger partial charge is 0.311 e. The second kappa shape index (κ2) is 9.36. The molecule has 0 atom stereocenters. The van der Waals surface area contributed by atoms with Crippen LogP contribution >= 0.6 is 69.6 Å². The van der Waals surface area contributed by atoms with Gasteiger partial charge in [0.15, 0.2) is 11.5 Å². The fraction of sp³-hybridized carbons (Fsp3) is 0.125. The van der Waals surface area contributed by atoms with Gasteiger partial charge in [-0.15, -0.1) is 0 Å². The van der Waals surface area contributed by atoms with Crippen LogP contribution in [0.5, 0.6) is 11.5 Å². The summed E-state index contributed by atoms with van der Waals surface area (Å²) >= 11 is 35.1. The van der Waals surface area contributed by atoms with E-state index < -0.39 is 11.9 Å². The maximum absolute atomic E-state index is 11.9. The molecular weight excluding hydrogens is 469 g/mol. The van der Waals surface area contributed by atoms with Crippen LogP contribution in [0.1, 0.15) is 12.8 Å². The van der Waals surface area contributed by atoms with E-state index >= 15 is 0 Å². The van der Waals surface area contributed by atoms with Crippen molar-refractivity contribution in [3.05, 3.63) is 54.4 Å². The Labute approximate surface area is 178 Å². The molecule has 0 aliphatic carbocycles. The number of halogens is 6. The Morgan fingerprint density at radius 3 is 1.73 bits per heavy atom. The largest absolute Gasteiger partial charge is 0.425 e. The molecule has 0 aromatic heterocycles. The van der Waals surface area contributed by atoms with Gasteiger partial charge in [0.05, 0.1) is 38.0 Å². The molecule has 4 nitrogen and oxygen atoms in total. The van der Waals surface area contributed by atoms with Crippen molar-refractivity contribution in [3.8, 4) is 11.5 Å². The van der Waals surface area contributed by atoms with Crippen LogP contribution in [-0.4, -0.2) is 11.9 Å². The van der Waals surface area contributed by atoms with Gasteiger partial charge in [-0.3, -0.25) is 9.59 Å². The molecule has 2 aromatic carbocycles. The molecule has 0 bridgehead atoms. The van der Waals surface area contributed by atoms with Gasteiger partial charge in [-0.05, 0) is 18.2 Å². The molecule has 0 saturated heterocycles. The van der Waals surface area contributed by atoms with Gasteiger partial charge in [-0.1, -0.05) is 69.6 Å². The van der Waals surface area contributed by atoms with Crippen molar-refractivity contribution in [1.82, 2.24) is 0 Å². The molecule has 0 fully saturated rings. The topological polar surface area (TPSA) is 52.6 Å². The van der Waals surface area contributed by atoms with Crippen LogP contribution in [0.15, 0.2) is 24.3 Å². The van der Waals surface area contributed by atoms with Crippen LogP contribution in [-0.2, 0) is 9.59 Å². The summed E-state index contributed by atoms with van der Waals surface area (Å²) in [6.07, 6.45) is -0.536. The summed E-state index contributed by atoms with van der Waals surface area (Å²) in [6.45, 7) is 0. The maximum atomic E-state index is 11.9. The molecule has 0 amide bonds. The summed E-state index contributed by atoms with van der Waals surface area (Å²) in [4.78, 5) is 23.7. The van der Waals surface area contributed by atoms with E-state index in [9.17, 15) is 9.59 Å². The lowest BCUT2D eigenvalue weighted by Crippen LogP contribution is -2.14. The summed E-state index contributed by atoms with van der Waals surface area (Å²) in [6, 6.07) is 5.39. The Morgan fingerprint density at radius 1 is 0.654 bits per heavy atom. The standard InChI is InChI=1S/C16H8Cl6O4/c17-7-3-11(21)16(12(22)4-7)26-15(24)2-1-14(23)25-13-6-9(19)8(18)5-10(13)20/h3-6H,1-2H2. The van der Waals surface area contributed by atoms with Crippen LogP contribution in [0.2, 0.25) is 30.1 Å². The van der Waals surface area contributed by atoms with Crippen molar-refractivity contribution in [2.75, 3.05) is 0 Å². The number of carbonyl (C=O) groups excluding carboxylic acids is 2. The van der Waals surface area contributed by atoms with E-state index in [1.807, 2.05) is 0 Å². The van der Waals surface area contributed by atoms with Crippen molar-refractivity contribution < 1.29 is 19.1 Å². The van der Waals surface area contributed by atoms with Crippen molar-refractivity contribution in [3.63, 3.8) is 0 Å². The van der Waals surface area contributed by atoms with Crippen LogP contribution in [0, 0.1) is 0 Å². The van der Waals surface area contributed by atoms with Gasteiger partial charge in [-0.2, -0.15) is 0 Å². The highest BCUT2D eigenvalue weighted by atomic mass is 35.5. The second-order valence-electron chi connectivity index (χ2n) is 4.84.